The number of fused-ring (bicyclic) bond motifs is 6. The Labute approximate surface area is 318 Å². The van der Waals surface area contributed by atoms with Gasteiger partial charge in [-0.05, 0) is 66.3 Å². The van der Waals surface area contributed by atoms with Crippen molar-refractivity contribution in [3.8, 4) is 22.9 Å². The molecule has 2 aliphatic rings. The second-order valence-corrected chi connectivity index (χ2v) is 13.7. The van der Waals surface area contributed by atoms with Crippen LogP contribution >= 0.6 is 0 Å². The van der Waals surface area contributed by atoms with Crippen LogP contribution in [0.15, 0.2) is 67.3 Å². The molecule has 14 nitrogen and oxygen atoms in total. The quantitative estimate of drug-likeness (QED) is 0.164. The summed E-state index contributed by atoms with van der Waals surface area (Å²) in [6.45, 7) is 10.9. The van der Waals surface area contributed by atoms with Gasteiger partial charge in [-0.15, -0.1) is 0 Å². The Hall–Kier alpha value is -6.44. The Bertz CT molecular complexity index is 2290. The summed E-state index contributed by atoms with van der Waals surface area (Å²) in [5.41, 5.74) is 6.61. The Morgan fingerprint density at radius 1 is 0.818 bits per heavy atom. The zero-order valence-corrected chi connectivity index (χ0v) is 31.9. The lowest BCUT2D eigenvalue weighted by Crippen LogP contribution is -2.30. The van der Waals surface area contributed by atoms with E-state index in [1.165, 1.54) is 6.33 Å². The molecule has 0 aliphatic carbocycles. The number of hydrogen-bond acceptors (Lipinski definition) is 9. The van der Waals surface area contributed by atoms with Gasteiger partial charge >= 0.3 is 11.9 Å². The van der Waals surface area contributed by atoms with Crippen LogP contribution in [0.1, 0.15) is 116 Å². The Balaban J connectivity index is 0.000000197. The number of imidazole rings is 2. The molecule has 0 saturated carbocycles. The summed E-state index contributed by atoms with van der Waals surface area (Å²) in [6.07, 6.45) is 3.03. The standard InChI is InChI=1S/C24H25N3O5.C17H19N3O3/c1-14(2)15-6-8-19-18(9-15)23(28)26(12-20-22(24(29)30)25-13-27(19)20)11-16-5-7-17(31-3)10-21(16)32-4;1-4-23-17(22)15-14-8-18-16(21)12-7-11(10(2)3)5-6-13(12)20(14)9-19-15/h5-10,13-14H,11-12H2,1-4H3,(H,29,30);5-7,9-10H,4,8H2,1-3H3,(H,18,21). The minimum atomic E-state index is -1.13. The summed E-state index contributed by atoms with van der Waals surface area (Å²) < 4.78 is 19.3. The number of carbonyl (C=O) groups excluding carboxylic acids is 3. The summed E-state index contributed by atoms with van der Waals surface area (Å²) in [4.78, 5) is 59.8. The number of methoxy groups -OCH3 is 2. The van der Waals surface area contributed by atoms with Crippen molar-refractivity contribution in [3.63, 3.8) is 0 Å². The van der Waals surface area contributed by atoms with E-state index in [1.54, 1.807) is 53.6 Å². The van der Waals surface area contributed by atoms with Crippen LogP contribution in [-0.4, -0.2) is 73.7 Å². The lowest BCUT2D eigenvalue weighted by Gasteiger charge is -2.23. The number of nitrogens with one attached hydrogen (secondary N) is 1. The zero-order valence-electron chi connectivity index (χ0n) is 31.9. The van der Waals surface area contributed by atoms with Crippen LogP contribution < -0.4 is 14.8 Å². The van der Waals surface area contributed by atoms with Gasteiger partial charge in [0.2, 0.25) is 0 Å². The monoisotopic (exact) mass is 748 g/mol. The molecule has 0 bridgehead atoms. The SMILES string of the molecule is CCOC(=O)c1ncn2c1CNC(=O)c1cc(C(C)C)ccc1-2.COc1ccc(CN2Cc3c(C(=O)O)ncn3-c3ccc(C(C)C)cc3C2=O)c(OC)c1. The highest BCUT2D eigenvalue weighted by molar-refractivity contribution is 6.00. The predicted octanol–water partition coefficient (Wildman–Crippen LogP) is 6.28. The van der Waals surface area contributed by atoms with Gasteiger partial charge in [-0.2, -0.15) is 0 Å². The van der Waals surface area contributed by atoms with Gasteiger partial charge in [-0.1, -0.05) is 39.8 Å². The van der Waals surface area contributed by atoms with Crippen molar-refractivity contribution in [2.24, 2.45) is 0 Å². The fourth-order valence-corrected chi connectivity index (χ4v) is 6.63. The van der Waals surface area contributed by atoms with E-state index in [4.69, 9.17) is 14.2 Å². The molecular weight excluding hydrogens is 704 g/mol. The molecule has 2 aromatic heterocycles. The second-order valence-electron chi connectivity index (χ2n) is 13.7. The molecule has 55 heavy (non-hydrogen) atoms. The van der Waals surface area contributed by atoms with E-state index in [2.05, 4.69) is 43.0 Å². The van der Waals surface area contributed by atoms with Crippen molar-refractivity contribution >= 4 is 23.8 Å². The van der Waals surface area contributed by atoms with Crippen molar-refractivity contribution in [3.05, 3.63) is 118 Å². The second kappa shape index (κ2) is 15.9. The first-order valence-electron chi connectivity index (χ1n) is 18.0. The maximum Gasteiger partial charge on any atom is 0.358 e. The number of hydrogen-bond donors (Lipinski definition) is 2. The van der Waals surface area contributed by atoms with E-state index in [1.807, 2.05) is 42.5 Å². The van der Waals surface area contributed by atoms with Crippen LogP contribution in [0.4, 0.5) is 0 Å². The zero-order chi connectivity index (χ0) is 39.6. The van der Waals surface area contributed by atoms with Gasteiger partial charge < -0.3 is 29.5 Å². The fourth-order valence-electron chi connectivity index (χ4n) is 6.63. The lowest BCUT2D eigenvalue weighted by atomic mass is 9.99. The van der Waals surface area contributed by atoms with Crippen molar-refractivity contribution in [2.75, 3.05) is 20.8 Å². The molecule has 3 aromatic carbocycles. The van der Waals surface area contributed by atoms with Crippen molar-refractivity contribution in [1.29, 1.82) is 0 Å². The molecule has 4 heterocycles. The lowest BCUT2D eigenvalue weighted by molar-refractivity contribution is 0.0517. The Kier molecular flexibility index (Phi) is 11.1. The van der Waals surface area contributed by atoms with Gasteiger partial charge in [-0.3, -0.25) is 18.7 Å². The third-order valence-corrected chi connectivity index (χ3v) is 9.67. The van der Waals surface area contributed by atoms with E-state index in [-0.39, 0.29) is 55.4 Å². The first-order valence-corrected chi connectivity index (χ1v) is 18.0. The highest BCUT2D eigenvalue weighted by Gasteiger charge is 2.31. The topological polar surface area (TPSA) is 167 Å². The molecule has 7 rings (SSSR count). The minimum Gasteiger partial charge on any atom is -0.497 e. The van der Waals surface area contributed by atoms with Gasteiger partial charge in [0.25, 0.3) is 11.8 Å². The number of carbonyl (C=O) groups is 4. The number of rotatable bonds is 9. The molecule has 0 fully saturated rings. The first kappa shape index (κ1) is 38.3. The molecule has 0 saturated heterocycles. The molecule has 0 radical (unpaired) electrons. The van der Waals surface area contributed by atoms with Crippen LogP contribution in [0.3, 0.4) is 0 Å². The fraction of sp³-hybridized carbons (Fsp3) is 0.317. The maximum atomic E-state index is 13.7. The van der Waals surface area contributed by atoms with Gasteiger partial charge in [-0.25, -0.2) is 19.6 Å². The molecule has 0 atom stereocenters. The highest BCUT2D eigenvalue weighted by atomic mass is 16.5. The van der Waals surface area contributed by atoms with Gasteiger partial charge in [0.05, 0.1) is 74.4 Å². The molecule has 2 aliphatic heterocycles. The summed E-state index contributed by atoms with van der Waals surface area (Å²) >= 11 is 0. The van der Waals surface area contributed by atoms with Crippen LogP contribution in [0.2, 0.25) is 0 Å². The summed E-state index contributed by atoms with van der Waals surface area (Å²) in [5, 5.41) is 12.5. The third-order valence-electron chi connectivity index (χ3n) is 9.67. The van der Waals surface area contributed by atoms with Gasteiger partial charge in [0, 0.05) is 11.6 Å². The molecule has 14 heteroatoms. The molecule has 286 valence electrons. The van der Waals surface area contributed by atoms with Gasteiger partial charge in [0.1, 0.15) is 24.2 Å². The van der Waals surface area contributed by atoms with Crippen molar-refractivity contribution in [2.45, 2.75) is 66.1 Å². The molecule has 0 spiro atoms. The third kappa shape index (κ3) is 7.52. The smallest absolute Gasteiger partial charge is 0.358 e. The average molecular weight is 749 g/mol. The number of aromatic nitrogens is 4. The number of benzene rings is 3. The molecular formula is C41H44N6O8. The number of esters is 1. The van der Waals surface area contributed by atoms with Crippen LogP contribution in [0.25, 0.3) is 11.4 Å². The van der Waals surface area contributed by atoms with E-state index in [9.17, 15) is 24.3 Å². The summed E-state index contributed by atoms with van der Waals surface area (Å²) in [6, 6.07) is 16.9. The van der Waals surface area contributed by atoms with E-state index in [0.717, 1.165) is 22.4 Å². The average Bonchev–Trinajstić information content (AvgIpc) is 3.75. The van der Waals surface area contributed by atoms with E-state index in [0.29, 0.717) is 45.6 Å². The molecule has 2 amide bonds. The molecule has 5 aromatic rings. The van der Waals surface area contributed by atoms with Crippen molar-refractivity contribution in [1.82, 2.24) is 29.3 Å². The Morgan fingerprint density at radius 3 is 2.04 bits per heavy atom. The van der Waals surface area contributed by atoms with Crippen LogP contribution in [0, 0.1) is 0 Å². The maximum absolute atomic E-state index is 13.7. The highest BCUT2D eigenvalue weighted by Crippen LogP contribution is 2.32. The molecule has 2 N–H and O–H groups in total. The van der Waals surface area contributed by atoms with Crippen molar-refractivity contribution < 1.29 is 38.5 Å². The number of nitrogens with zero attached hydrogens (tertiary/aromatic N) is 5. The minimum absolute atomic E-state index is 0.0646. The summed E-state index contributed by atoms with van der Waals surface area (Å²) in [7, 11) is 3.13. The van der Waals surface area contributed by atoms with Crippen LogP contribution in [0.5, 0.6) is 11.5 Å². The number of ether oxygens (including phenoxy) is 3. The number of aromatic carboxylic acids is 1. The van der Waals surface area contributed by atoms with E-state index < -0.39 is 11.9 Å². The number of amides is 2. The Morgan fingerprint density at radius 2 is 1.44 bits per heavy atom. The van der Waals surface area contributed by atoms with Gasteiger partial charge in [0.15, 0.2) is 11.4 Å². The number of carboxylic acid groups (broad SMARTS) is 1. The normalized spacial score (nSPS) is 13.0. The van der Waals surface area contributed by atoms with E-state index >= 15 is 0 Å². The summed E-state index contributed by atoms with van der Waals surface area (Å²) in [5.74, 6) is -0.137. The first-order chi connectivity index (χ1) is 26.4. The number of carboxylic acids is 1. The largest absolute Gasteiger partial charge is 0.497 e. The van der Waals surface area contributed by atoms with Crippen LogP contribution in [-0.2, 0) is 24.4 Å². The molecule has 0 unspecified atom stereocenters. The predicted molar refractivity (Wildman–Crippen MR) is 203 cm³/mol.